The molecule has 0 saturated carbocycles. The Balaban J connectivity index is 1.22. The van der Waals surface area contributed by atoms with Crippen LogP contribution >= 0.6 is 0 Å². The second-order valence-electron chi connectivity index (χ2n) is 9.33. The first-order valence-electron chi connectivity index (χ1n) is 12.2. The van der Waals surface area contributed by atoms with Crippen LogP contribution in [0.25, 0.3) is 16.6 Å². The molecule has 0 aromatic carbocycles. The van der Waals surface area contributed by atoms with Crippen LogP contribution in [0.2, 0.25) is 0 Å². The molecule has 2 fully saturated rings. The largest absolute Gasteiger partial charge is 0.494 e. The van der Waals surface area contributed by atoms with Gasteiger partial charge in [-0.05, 0) is 37.8 Å². The lowest BCUT2D eigenvalue weighted by Crippen LogP contribution is -2.46. The molecule has 0 aliphatic carbocycles. The molecule has 2 aliphatic heterocycles. The molecule has 0 bridgehead atoms. The van der Waals surface area contributed by atoms with E-state index in [1.807, 2.05) is 34.2 Å². The zero-order valence-electron chi connectivity index (χ0n) is 20.3. The average molecular weight is 488 g/mol. The molecule has 2 amide bonds. The monoisotopic (exact) mass is 487 g/mol. The van der Waals surface area contributed by atoms with Crippen LogP contribution in [0.1, 0.15) is 37.3 Å². The molecule has 5 heterocycles. The first-order valence-corrected chi connectivity index (χ1v) is 12.2. The van der Waals surface area contributed by atoms with Crippen molar-refractivity contribution in [3.63, 3.8) is 0 Å². The van der Waals surface area contributed by atoms with Gasteiger partial charge in [-0.15, -0.1) is 0 Å². The lowest BCUT2D eigenvalue weighted by atomic mass is 9.93. The summed E-state index contributed by atoms with van der Waals surface area (Å²) in [6, 6.07) is 4.26. The molecule has 36 heavy (non-hydrogen) atoms. The van der Waals surface area contributed by atoms with Gasteiger partial charge in [0.15, 0.2) is 0 Å². The van der Waals surface area contributed by atoms with Gasteiger partial charge in [-0.25, -0.2) is 4.52 Å². The number of nitriles is 1. The molecule has 3 aromatic heterocycles. The van der Waals surface area contributed by atoms with E-state index in [-0.39, 0.29) is 23.8 Å². The van der Waals surface area contributed by atoms with Crippen molar-refractivity contribution >= 4 is 17.3 Å². The Kier molecular flexibility index (Phi) is 6.46. The van der Waals surface area contributed by atoms with Gasteiger partial charge in [-0.1, -0.05) is 6.58 Å². The van der Waals surface area contributed by atoms with Crippen LogP contribution in [0.5, 0.6) is 5.75 Å². The molecular weight excluding hydrogens is 458 g/mol. The number of piperidine rings is 2. The van der Waals surface area contributed by atoms with Gasteiger partial charge in [-0.2, -0.15) is 15.5 Å². The minimum Gasteiger partial charge on any atom is -0.494 e. The van der Waals surface area contributed by atoms with Crippen LogP contribution < -0.4 is 4.74 Å². The van der Waals surface area contributed by atoms with Gasteiger partial charge in [0.05, 0.1) is 25.5 Å². The van der Waals surface area contributed by atoms with Crippen LogP contribution in [0.15, 0.2) is 43.5 Å². The normalized spacial score (nSPS) is 17.2. The zero-order chi connectivity index (χ0) is 25.2. The molecule has 5 rings (SSSR count). The number of rotatable bonds is 5. The van der Waals surface area contributed by atoms with E-state index in [0.29, 0.717) is 55.9 Å². The number of amides is 2. The summed E-state index contributed by atoms with van der Waals surface area (Å²) in [4.78, 5) is 28.6. The number of nitrogens with zero attached hydrogens (tertiary/aromatic N) is 7. The molecule has 186 valence electrons. The van der Waals surface area contributed by atoms with Crippen molar-refractivity contribution in [2.24, 2.45) is 5.92 Å². The van der Waals surface area contributed by atoms with Crippen molar-refractivity contribution < 1.29 is 14.3 Å². The third-order valence-electron chi connectivity index (χ3n) is 7.33. The first-order chi connectivity index (χ1) is 17.5. The molecule has 0 spiro atoms. The predicted octanol–water partition coefficient (Wildman–Crippen LogP) is 2.67. The van der Waals surface area contributed by atoms with Gasteiger partial charge in [0.25, 0.3) is 0 Å². The van der Waals surface area contributed by atoms with Crippen LogP contribution in [-0.4, -0.2) is 74.3 Å². The molecule has 0 atom stereocenters. The van der Waals surface area contributed by atoms with Gasteiger partial charge >= 0.3 is 0 Å². The molecule has 0 N–H and O–H groups in total. The number of fused-ring (bicyclic) bond motifs is 1. The van der Waals surface area contributed by atoms with E-state index in [1.54, 1.807) is 16.5 Å². The van der Waals surface area contributed by atoms with Crippen molar-refractivity contribution in [1.82, 2.24) is 29.2 Å². The van der Waals surface area contributed by atoms with E-state index in [2.05, 4.69) is 22.8 Å². The summed E-state index contributed by atoms with van der Waals surface area (Å²) in [5, 5.41) is 18.2. The van der Waals surface area contributed by atoms with Crippen LogP contribution in [-0.2, 0) is 9.59 Å². The van der Waals surface area contributed by atoms with Gasteiger partial charge < -0.3 is 14.5 Å². The smallest absolute Gasteiger partial charge is 0.245 e. The topological polar surface area (TPSA) is 109 Å². The Morgan fingerprint density at radius 1 is 1.06 bits per heavy atom. The molecule has 2 saturated heterocycles. The SMILES string of the molecule is C=CC(=O)N1CCC(C(=O)N2CCC(n3cc(-c4cc(OC)c5c(C#N)cnn5c4)cn3)CC2)CC1. The maximum absolute atomic E-state index is 13.1. The molecule has 2 aliphatic rings. The molecule has 10 nitrogen and oxygen atoms in total. The number of hydrogen-bond acceptors (Lipinski definition) is 6. The highest BCUT2D eigenvalue weighted by molar-refractivity contribution is 5.87. The number of carbonyl (C=O) groups is 2. The van der Waals surface area contributed by atoms with Crippen LogP contribution in [0.3, 0.4) is 0 Å². The average Bonchev–Trinajstić information content (AvgIpc) is 3.59. The van der Waals surface area contributed by atoms with Crippen molar-refractivity contribution in [1.29, 1.82) is 5.26 Å². The molecule has 0 radical (unpaired) electrons. The van der Waals surface area contributed by atoms with Crippen LogP contribution in [0, 0.1) is 17.2 Å². The Morgan fingerprint density at radius 3 is 2.44 bits per heavy atom. The van der Waals surface area contributed by atoms with Gasteiger partial charge in [-0.3, -0.25) is 14.3 Å². The predicted molar refractivity (Wildman–Crippen MR) is 132 cm³/mol. The Hall–Kier alpha value is -4.13. The number of ether oxygens (including phenoxy) is 1. The molecule has 3 aromatic rings. The van der Waals surface area contributed by atoms with Gasteiger partial charge in [0.2, 0.25) is 11.8 Å². The number of pyridine rings is 1. The zero-order valence-corrected chi connectivity index (χ0v) is 20.3. The van der Waals surface area contributed by atoms with Crippen molar-refractivity contribution in [2.45, 2.75) is 31.7 Å². The van der Waals surface area contributed by atoms with E-state index in [9.17, 15) is 14.9 Å². The lowest BCUT2D eigenvalue weighted by Gasteiger charge is -2.37. The lowest BCUT2D eigenvalue weighted by molar-refractivity contribution is -0.140. The second-order valence-corrected chi connectivity index (χ2v) is 9.33. The minimum absolute atomic E-state index is 0.0135. The quantitative estimate of drug-likeness (QED) is 0.512. The number of carbonyl (C=O) groups excluding carboxylic acids is 2. The fourth-order valence-electron chi connectivity index (χ4n) is 5.25. The molecule has 0 unspecified atom stereocenters. The number of hydrogen-bond donors (Lipinski definition) is 0. The van der Waals surface area contributed by atoms with E-state index in [4.69, 9.17) is 4.74 Å². The summed E-state index contributed by atoms with van der Waals surface area (Å²) < 4.78 is 9.16. The second kappa shape index (κ2) is 9.85. The maximum atomic E-state index is 13.1. The number of likely N-dealkylation sites (tertiary alicyclic amines) is 2. The van der Waals surface area contributed by atoms with E-state index >= 15 is 0 Å². The molecule has 10 heteroatoms. The molecular formula is C26H29N7O3. The van der Waals surface area contributed by atoms with E-state index in [0.717, 1.165) is 24.0 Å². The summed E-state index contributed by atoms with van der Waals surface area (Å²) in [6.45, 7) is 6.17. The summed E-state index contributed by atoms with van der Waals surface area (Å²) in [6.07, 6.45) is 11.7. The van der Waals surface area contributed by atoms with Crippen molar-refractivity contribution in [3.8, 4) is 22.9 Å². The third kappa shape index (κ3) is 4.33. The first kappa shape index (κ1) is 23.6. The standard InChI is InChI=1S/C26H29N7O3/c1-3-24(34)30-8-4-18(5-9-30)26(35)31-10-6-22(7-11-31)32-17-21(15-28-32)19-12-23(36-2)25-20(13-27)14-29-33(25)16-19/h3,12,14-18,22H,1,4-11H2,2H3. The Morgan fingerprint density at radius 2 is 1.78 bits per heavy atom. The summed E-state index contributed by atoms with van der Waals surface area (Å²) >= 11 is 0. The van der Waals surface area contributed by atoms with E-state index in [1.165, 1.54) is 12.3 Å². The minimum atomic E-state index is -0.0600. The van der Waals surface area contributed by atoms with Crippen LogP contribution in [0.4, 0.5) is 0 Å². The fraction of sp³-hybridized carbons (Fsp3) is 0.423. The summed E-state index contributed by atoms with van der Waals surface area (Å²) in [5.41, 5.74) is 2.94. The van der Waals surface area contributed by atoms with Gasteiger partial charge in [0, 0.05) is 55.6 Å². The highest BCUT2D eigenvalue weighted by Gasteiger charge is 2.32. The third-order valence-corrected chi connectivity index (χ3v) is 7.33. The fourth-order valence-corrected chi connectivity index (χ4v) is 5.25. The van der Waals surface area contributed by atoms with Crippen molar-refractivity contribution in [2.75, 3.05) is 33.3 Å². The number of methoxy groups -OCH3 is 1. The van der Waals surface area contributed by atoms with Gasteiger partial charge in [0.1, 0.15) is 22.9 Å². The number of aromatic nitrogens is 4. The van der Waals surface area contributed by atoms with E-state index < -0.39 is 0 Å². The van der Waals surface area contributed by atoms with Crippen molar-refractivity contribution in [3.05, 3.63) is 49.1 Å². The Labute approximate surface area is 209 Å². The highest BCUT2D eigenvalue weighted by atomic mass is 16.5. The summed E-state index contributed by atoms with van der Waals surface area (Å²) in [5.74, 6) is 0.716. The highest BCUT2D eigenvalue weighted by Crippen LogP contribution is 2.31. The maximum Gasteiger partial charge on any atom is 0.245 e. The summed E-state index contributed by atoms with van der Waals surface area (Å²) in [7, 11) is 1.58. The Bertz CT molecular complexity index is 1340.